The Hall–Kier alpha value is -2.00. The van der Waals surface area contributed by atoms with Gasteiger partial charge in [0.2, 0.25) is 17.8 Å². The molecule has 1 aliphatic rings. The minimum absolute atomic E-state index is 0.0452. The van der Waals surface area contributed by atoms with Crippen LogP contribution in [0.2, 0.25) is 0 Å². The third kappa shape index (κ3) is 4.76. The molecule has 2 aromatic rings. The molecule has 0 saturated heterocycles. The van der Waals surface area contributed by atoms with Crippen molar-refractivity contribution in [1.29, 1.82) is 0 Å². The fourth-order valence-electron chi connectivity index (χ4n) is 2.15. The van der Waals surface area contributed by atoms with E-state index in [1.54, 1.807) is 0 Å². The first-order valence-electron chi connectivity index (χ1n) is 7.94. The molecule has 2 heterocycles. The van der Waals surface area contributed by atoms with Crippen LogP contribution in [0.15, 0.2) is 22.5 Å². The van der Waals surface area contributed by atoms with Crippen LogP contribution >= 0.6 is 23.1 Å². The minimum atomic E-state index is -0.256. The van der Waals surface area contributed by atoms with Crippen molar-refractivity contribution in [3.05, 3.63) is 23.8 Å². The Kier molecular flexibility index (Phi) is 5.64. The van der Waals surface area contributed by atoms with E-state index in [-0.39, 0.29) is 18.0 Å². The summed E-state index contributed by atoms with van der Waals surface area (Å²) in [5.41, 5.74) is 0.967. The second-order valence-corrected chi connectivity index (χ2v) is 8.40. The summed E-state index contributed by atoms with van der Waals surface area (Å²) >= 11 is 2.86. The molecule has 1 aromatic heterocycles. The second-order valence-electron chi connectivity index (χ2n) is 5.84. The normalized spacial score (nSPS) is 13.8. The number of nitrogens with zero attached hydrogens (tertiary/aromatic N) is 2. The number of ether oxygens (including phenoxy) is 2. The number of aromatic nitrogens is 2. The van der Waals surface area contributed by atoms with E-state index in [9.17, 15) is 4.79 Å². The lowest BCUT2D eigenvalue weighted by Crippen LogP contribution is -2.30. The highest BCUT2D eigenvalue weighted by Crippen LogP contribution is 2.32. The van der Waals surface area contributed by atoms with Crippen molar-refractivity contribution in [2.45, 2.75) is 42.9 Å². The molecule has 0 radical (unpaired) electrons. The molecule has 1 aliphatic heterocycles. The van der Waals surface area contributed by atoms with Crippen LogP contribution in [0.4, 0.5) is 5.13 Å². The quantitative estimate of drug-likeness (QED) is 0.714. The molecule has 2 N–H and O–H groups in total. The van der Waals surface area contributed by atoms with Gasteiger partial charge in [0, 0.05) is 12.6 Å². The first kappa shape index (κ1) is 17.8. The molecule has 1 aromatic carbocycles. The van der Waals surface area contributed by atoms with E-state index in [0.29, 0.717) is 18.3 Å². The minimum Gasteiger partial charge on any atom is -0.454 e. The fourth-order valence-corrected chi connectivity index (χ4v) is 4.22. The van der Waals surface area contributed by atoms with E-state index in [1.165, 1.54) is 23.1 Å². The molecule has 0 spiro atoms. The molecule has 1 atom stereocenters. The molecule has 7 nitrogen and oxygen atoms in total. The summed E-state index contributed by atoms with van der Waals surface area (Å²) in [7, 11) is 0. The number of carbonyl (C=O) groups is 1. The van der Waals surface area contributed by atoms with Crippen LogP contribution in [-0.2, 0) is 11.3 Å². The van der Waals surface area contributed by atoms with Crippen LogP contribution < -0.4 is 20.1 Å². The van der Waals surface area contributed by atoms with Crippen LogP contribution in [-0.4, -0.2) is 34.2 Å². The zero-order valence-electron chi connectivity index (χ0n) is 14.2. The zero-order chi connectivity index (χ0) is 17.8. The van der Waals surface area contributed by atoms with Gasteiger partial charge in [-0.3, -0.25) is 4.79 Å². The Labute approximate surface area is 154 Å². The highest BCUT2D eigenvalue weighted by atomic mass is 32.2. The van der Waals surface area contributed by atoms with Crippen molar-refractivity contribution < 1.29 is 14.3 Å². The number of anilines is 1. The Balaban J connectivity index is 1.50. The molecule has 25 heavy (non-hydrogen) atoms. The maximum absolute atomic E-state index is 12.3. The van der Waals surface area contributed by atoms with E-state index >= 15 is 0 Å². The standard InChI is InChI=1S/C16H20N4O3S2/c1-9(2)18-15-19-20-16(25-15)24-10(3)14(21)17-7-11-4-5-12-13(6-11)23-8-22-12/h4-6,9-10H,7-8H2,1-3H3,(H,17,21)(H,18,19)/t10-/m0/s1. The average Bonchev–Trinajstić information content (AvgIpc) is 3.20. The van der Waals surface area contributed by atoms with Gasteiger partial charge in [0.25, 0.3) is 0 Å². The first-order valence-corrected chi connectivity index (χ1v) is 9.64. The molecular weight excluding hydrogens is 360 g/mol. The maximum Gasteiger partial charge on any atom is 0.233 e. The monoisotopic (exact) mass is 380 g/mol. The van der Waals surface area contributed by atoms with Crippen LogP contribution in [0.5, 0.6) is 11.5 Å². The van der Waals surface area contributed by atoms with Gasteiger partial charge >= 0.3 is 0 Å². The number of rotatable bonds is 7. The smallest absolute Gasteiger partial charge is 0.233 e. The molecule has 0 saturated carbocycles. The van der Waals surface area contributed by atoms with Gasteiger partial charge in [0.05, 0.1) is 5.25 Å². The Bertz CT molecular complexity index is 751. The summed E-state index contributed by atoms with van der Waals surface area (Å²) in [4.78, 5) is 12.3. The average molecular weight is 380 g/mol. The van der Waals surface area contributed by atoms with Crippen LogP contribution in [0.1, 0.15) is 26.3 Å². The van der Waals surface area contributed by atoms with Gasteiger partial charge in [-0.05, 0) is 38.5 Å². The summed E-state index contributed by atoms with van der Waals surface area (Å²) in [6, 6.07) is 5.95. The van der Waals surface area contributed by atoms with E-state index in [1.807, 2.05) is 39.0 Å². The largest absolute Gasteiger partial charge is 0.454 e. The maximum atomic E-state index is 12.3. The molecule has 3 rings (SSSR count). The lowest BCUT2D eigenvalue weighted by atomic mass is 10.2. The summed E-state index contributed by atoms with van der Waals surface area (Å²) in [5.74, 6) is 1.41. The number of nitrogens with one attached hydrogen (secondary N) is 2. The predicted molar refractivity (Wildman–Crippen MR) is 98.4 cm³/mol. The number of fused-ring (bicyclic) bond motifs is 1. The Morgan fingerprint density at radius 1 is 1.28 bits per heavy atom. The van der Waals surface area contributed by atoms with Gasteiger partial charge in [-0.2, -0.15) is 0 Å². The molecule has 0 bridgehead atoms. The van der Waals surface area contributed by atoms with E-state index in [2.05, 4.69) is 20.8 Å². The summed E-state index contributed by atoms with van der Waals surface area (Å²) in [6.45, 7) is 6.63. The second kappa shape index (κ2) is 7.92. The fraction of sp³-hybridized carbons (Fsp3) is 0.438. The van der Waals surface area contributed by atoms with Gasteiger partial charge < -0.3 is 20.1 Å². The van der Waals surface area contributed by atoms with Gasteiger partial charge in [0.15, 0.2) is 15.8 Å². The first-order chi connectivity index (χ1) is 12.0. The number of hydrogen-bond acceptors (Lipinski definition) is 8. The topological polar surface area (TPSA) is 85.4 Å². The molecule has 0 aliphatic carbocycles. The number of carbonyl (C=O) groups excluding carboxylic acids is 1. The number of benzene rings is 1. The predicted octanol–water partition coefficient (Wildman–Crippen LogP) is 2.88. The molecule has 0 unspecified atom stereocenters. The zero-order valence-corrected chi connectivity index (χ0v) is 15.9. The lowest BCUT2D eigenvalue weighted by Gasteiger charge is -2.10. The number of amides is 1. The van der Waals surface area contributed by atoms with Crippen LogP contribution in [0.25, 0.3) is 0 Å². The van der Waals surface area contributed by atoms with Crippen molar-refractivity contribution in [2.75, 3.05) is 12.1 Å². The number of hydrogen-bond donors (Lipinski definition) is 2. The molecule has 0 fully saturated rings. The molecule has 1 amide bonds. The molecule has 9 heteroatoms. The summed E-state index contributed by atoms with van der Waals surface area (Å²) in [6.07, 6.45) is 0. The van der Waals surface area contributed by atoms with E-state index in [0.717, 1.165) is 20.8 Å². The van der Waals surface area contributed by atoms with Crippen molar-refractivity contribution in [1.82, 2.24) is 15.5 Å². The highest BCUT2D eigenvalue weighted by Gasteiger charge is 2.18. The van der Waals surface area contributed by atoms with Gasteiger partial charge in [-0.1, -0.05) is 29.2 Å². The van der Waals surface area contributed by atoms with Crippen molar-refractivity contribution in [3.63, 3.8) is 0 Å². The third-order valence-electron chi connectivity index (χ3n) is 3.37. The molecular formula is C16H20N4O3S2. The van der Waals surface area contributed by atoms with Crippen LogP contribution in [0, 0.1) is 0 Å². The lowest BCUT2D eigenvalue weighted by molar-refractivity contribution is -0.120. The van der Waals surface area contributed by atoms with Crippen molar-refractivity contribution in [3.8, 4) is 11.5 Å². The SMILES string of the molecule is CC(C)Nc1nnc(S[C@@H](C)C(=O)NCc2ccc3c(c2)OCO3)s1. The van der Waals surface area contributed by atoms with Gasteiger partial charge in [0.1, 0.15) is 0 Å². The van der Waals surface area contributed by atoms with Crippen molar-refractivity contribution >= 4 is 34.1 Å². The van der Waals surface area contributed by atoms with Gasteiger partial charge in [-0.15, -0.1) is 10.2 Å². The Morgan fingerprint density at radius 2 is 2.08 bits per heavy atom. The van der Waals surface area contributed by atoms with Crippen LogP contribution in [0.3, 0.4) is 0 Å². The van der Waals surface area contributed by atoms with E-state index < -0.39 is 0 Å². The third-order valence-corrected chi connectivity index (χ3v) is 5.41. The highest BCUT2D eigenvalue weighted by molar-refractivity contribution is 8.02. The van der Waals surface area contributed by atoms with Crippen molar-refractivity contribution in [2.24, 2.45) is 0 Å². The molecule has 134 valence electrons. The number of thioether (sulfide) groups is 1. The Morgan fingerprint density at radius 3 is 2.88 bits per heavy atom. The summed E-state index contributed by atoms with van der Waals surface area (Å²) < 4.78 is 11.4. The summed E-state index contributed by atoms with van der Waals surface area (Å²) in [5, 5.41) is 14.8. The van der Waals surface area contributed by atoms with E-state index in [4.69, 9.17) is 9.47 Å². The van der Waals surface area contributed by atoms with Gasteiger partial charge in [-0.25, -0.2) is 0 Å².